The number of nitrogens with one attached hydrogen (secondary N) is 1. The van der Waals surface area contributed by atoms with Gasteiger partial charge in [0.1, 0.15) is 5.82 Å². The van der Waals surface area contributed by atoms with Crippen molar-refractivity contribution in [1.29, 1.82) is 0 Å². The van der Waals surface area contributed by atoms with Gasteiger partial charge in [-0.25, -0.2) is 4.98 Å². The number of carbonyl (C=O) groups is 1. The highest BCUT2D eigenvalue weighted by Crippen LogP contribution is 2.01. The van der Waals surface area contributed by atoms with Crippen LogP contribution in [0.3, 0.4) is 0 Å². The van der Waals surface area contributed by atoms with Gasteiger partial charge in [0.2, 0.25) is 5.91 Å². The van der Waals surface area contributed by atoms with Crippen molar-refractivity contribution in [2.75, 3.05) is 5.73 Å². The van der Waals surface area contributed by atoms with Crippen LogP contribution in [0.4, 0.5) is 5.82 Å². The van der Waals surface area contributed by atoms with Crippen LogP contribution in [0.25, 0.3) is 0 Å². The Morgan fingerprint density at radius 2 is 2.29 bits per heavy atom. The standard InChI is InChI=1S/C10H15N3O/c1-7(2)13-10(14)5-8-3-4-9(11)12-6-8/h3-4,6-7H,5H2,1-2H3,(H2,11,12)(H,13,14). The van der Waals surface area contributed by atoms with Crippen molar-refractivity contribution in [3.63, 3.8) is 0 Å². The SMILES string of the molecule is CC(C)NC(=O)Cc1ccc(N)nc1. The molecule has 14 heavy (non-hydrogen) atoms. The number of amides is 1. The Kier molecular flexibility index (Phi) is 3.45. The number of nitrogens with two attached hydrogens (primary N) is 1. The number of aromatic nitrogens is 1. The van der Waals surface area contributed by atoms with E-state index < -0.39 is 0 Å². The summed E-state index contributed by atoms with van der Waals surface area (Å²) in [5.41, 5.74) is 6.30. The number of hydrogen-bond donors (Lipinski definition) is 2. The zero-order valence-electron chi connectivity index (χ0n) is 8.45. The molecule has 0 bridgehead atoms. The summed E-state index contributed by atoms with van der Waals surface area (Å²) < 4.78 is 0. The van der Waals surface area contributed by atoms with E-state index in [1.165, 1.54) is 0 Å². The van der Waals surface area contributed by atoms with E-state index in [0.717, 1.165) is 5.56 Å². The number of pyridine rings is 1. The average Bonchev–Trinajstić information content (AvgIpc) is 2.07. The molecule has 0 aromatic carbocycles. The number of nitrogen functional groups attached to an aromatic ring is 1. The first-order valence-corrected chi connectivity index (χ1v) is 4.57. The molecule has 1 rings (SSSR count). The summed E-state index contributed by atoms with van der Waals surface area (Å²) in [5, 5.41) is 2.81. The molecular weight excluding hydrogens is 178 g/mol. The van der Waals surface area contributed by atoms with Crippen molar-refractivity contribution in [2.24, 2.45) is 0 Å². The minimum Gasteiger partial charge on any atom is -0.384 e. The second-order valence-electron chi connectivity index (χ2n) is 3.49. The molecule has 0 spiro atoms. The minimum absolute atomic E-state index is 0.00608. The van der Waals surface area contributed by atoms with E-state index in [9.17, 15) is 4.79 Å². The van der Waals surface area contributed by atoms with Crippen LogP contribution >= 0.6 is 0 Å². The maximum absolute atomic E-state index is 11.3. The highest BCUT2D eigenvalue weighted by atomic mass is 16.1. The number of carbonyl (C=O) groups excluding carboxylic acids is 1. The fraction of sp³-hybridized carbons (Fsp3) is 0.400. The van der Waals surface area contributed by atoms with Crippen molar-refractivity contribution in [1.82, 2.24) is 10.3 Å². The second kappa shape index (κ2) is 4.60. The molecule has 1 aromatic rings. The third kappa shape index (κ3) is 3.43. The predicted molar refractivity (Wildman–Crippen MR) is 55.6 cm³/mol. The third-order valence-electron chi connectivity index (χ3n) is 1.66. The van der Waals surface area contributed by atoms with Crippen LogP contribution < -0.4 is 11.1 Å². The molecule has 4 heteroatoms. The van der Waals surface area contributed by atoms with Crippen LogP contribution in [0.1, 0.15) is 19.4 Å². The fourth-order valence-electron chi connectivity index (χ4n) is 1.10. The lowest BCUT2D eigenvalue weighted by atomic mass is 10.2. The maximum Gasteiger partial charge on any atom is 0.224 e. The summed E-state index contributed by atoms with van der Waals surface area (Å²) in [5.74, 6) is 0.476. The summed E-state index contributed by atoms with van der Waals surface area (Å²) in [7, 11) is 0. The average molecular weight is 193 g/mol. The molecule has 0 radical (unpaired) electrons. The van der Waals surface area contributed by atoms with Gasteiger partial charge in [0.25, 0.3) is 0 Å². The second-order valence-corrected chi connectivity index (χ2v) is 3.49. The quantitative estimate of drug-likeness (QED) is 0.743. The number of nitrogens with zero attached hydrogens (tertiary/aromatic N) is 1. The predicted octanol–water partition coefficient (Wildman–Crippen LogP) is 0.731. The number of anilines is 1. The van der Waals surface area contributed by atoms with Gasteiger partial charge in [-0.2, -0.15) is 0 Å². The molecule has 1 aromatic heterocycles. The normalized spacial score (nSPS) is 10.2. The largest absolute Gasteiger partial charge is 0.384 e. The summed E-state index contributed by atoms with van der Waals surface area (Å²) in [6, 6.07) is 3.67. The van der Waals surface area contributed by atoms with Gasteiger partial charge < -0.3 is 11.1 Å². The van der Waals surface area contributed by atoms with Gasteiger partial charge in [-0.05, 0) is 25.5 Å². The molecule has 0 saturated carbocycles. The molecule has 1 amide bonds. The molecule has 76 valence electrons. The van der Waals surface area contributed by atoms with E-state index in [4.69, 9.17) is 5.73 Å². The molecule has 0 aliphatic heterocycles. The van der Waals surface area contributed by atoms with Crippen LogP contribution in [-0.2, 0) is 11.2 Å². The van der Waals surface area contributed by atoms with Crippen molar-refractivity contribution in [2.45, 2.75) is 26.3 Å². The summed E-state index contributed by atoms with van der Waals surface area (Å²) in [6.45, 7) is 3.86. The lowest BCUT2D eigenvalue weighted by Crippen LogP contribution is -2.31. The zero-order valence-corrected chi connectivity index (χ0v) is 8.45. The Bertz CT molecular complexity index is 306. The van der Waals surface area contributed by atoms with Crippen molar-refractivity contribution in [3.05, 3.63) is 23.9 Å². The molecule has 0 atom stereocenters. The van der Waals surface area contributed by atoms with Crippen molar-refractivity contribution in [3.8, 4) is 0 Å². The topological polar surface area (TPSA) is 68.0 Å². The Morgan fingerprint density at radius 3 is 2.79 bits per heavy atom. The Morgan fingerprint density at radius 1 is 1.57 bits per heavy atom. The smallest absolute Gasteiger partial charge is 0.224 e. The molecule has 4 nitrogen and oxygen atoms in total. The van der Waals surface area contributed by atoms with Crippen LogP contribution in [0.5, 0.6) is 0 Å². The van der Waals surface area contributed by atoms with Gasteiger partial charge in [0.15, 0.2) is 0 Å². The van der Waals surface area contributed by atoms with Crippen LogP contribution in [-0.4, -0.2) is 16.9 Å². The number of hydrogen-bond acceptors (Lipinski definition) is 3. The summed E-state index contributed by atoms with van der Waals surface area (Å²) in [6.07, 6.45) is 1.97. The zero-order chi connectivity index (χ0) is 10.6. The molecule has 0 unspecified atom stereocenters. The Balaban J connectivity index is 2.52. The van der Waals surface area contributed by atoms with Crippen LogP contribution in [0.15, 0.2) is 18.3 Å². The highest BCUT2D eigenvalue weighted by Gasteiger charge is 2.04. The van der Waals surface area contributed by atoms with E-state index in [1.807, 2.05) is 19.9 Å². The summed E-state index contributed by atoms with van der Waals surface area (Å²) >= 11 is 0. The first-order chi connectivity index (χ1) is 6.58. The minimum atomic E-state index is 0.00608. The van der Waals surface area contributed by atoms with Crippen molar-refractivity contribution >= 4 is 11.7 Å². The Hall–Kier alpha value is -1.58. The molecule has 0 aliphatic rings. The molecule has 0 saturated heterocycles. The van der Waals surface area contributed by atoms with Crippen molar-refractivity contribution < 1.29 is 4.79 Å². The third-order valence-corrected chi connectivity index (χ3v) is 1.66. The first kappa shape index (κ1) is 10.5. The maximum atomic E-state index is 11.3. The van der Waals surface area contributed by atoms with E-state index in [2.05, 4.69) is 10.3 Å². The first-order valence-electron chi connectivity index (χ1n) is 4.57. The van der Waals surface area contributed by atoms with Crippen LogP contribution in [0, 0.1) is 0 Å². The Labute approximate surface area is 83.5 Å². The molecule has 0 aliphatic carbocycles. The van der Waals surface area contributed by atoms with Crippen LogP contribution in [0.2, 0.25) is 0 Å². The van der Waals surface area contributed by atoms with Gasteiger partial charge in [-0.15, -0.1) is 0 Å². The van der Waals surface area contributed by atoms with Gasteiger partial charge in [-0.3, -0.25) is 4.79 Å². The molecular formula is C10H15N3O. The highest BCUT2D eigenvalue weighted by molar-refractivity contribution is 5.78. The van der Waals surface area contributed by atoms with E-state index in [0.29, 0.717) is 12.2 Å². The van der Waals surface area contributed by atoms with Gasteiger partial charge in [0.05, 0.1) is 6.42 Å². The monoisotopic (exact) mass is 193 g/mol. The molecule has 0 fully saturated rings. The molecule has 3 N–H and O–H groups in total. The lowest BCUT2D eigenvalue weighted by molar-refractivity contribution is -0.120. The molecule has 1 heterocycles. The van der Waals surface area contributed by atoms with Gasteiger partial charge in [0, 0.05) is 12.2 Å². The summed E-state index contributed by atoms with van der Waals surface area (Å²) in [4.78, 5) is 15.2. The fourth-order valence-corrected chi connectivity index (χ4v) is 1.10. The van der Waals surface area contributed by atoms with Gasteiger partial charge >= 0.3 is 0 Å². The lowest BCUT2D eigenvalue weighted by Gasteiger charge is -2.07. The number of rotatable bonds is 3. The van der Waals surface area contributed by atoms with E-state index in [-0.39, 0.29) is 11.9 Å². The van der Waals surface area contributed by atoms with E-state index >= 15 is 0 Å². The van der Waals surface area contributed by atoms with Gasteiger partial charge in [-0.1, -0.05) is 6.07 Å². The van der Waals surface area contributed by atoms with E-state index in [1.54, 1.807) is 12.3 Å².